The molecule has 66 heavy (non-hydrogen) atoms. The quantitative estimate of drug-likeness (QED) is 0.0133. The van der Waals surface area contributed by atoms with Crippen LogP contribution < -0.4 is 65.5 Å². The molecule has 0 aromatic rings. The molecule has 1 aliphatic heterocycles. The third kappa shape index (κ3) is 22.3. The van der Waals surface area contributed by atoms with Crippen molar-refractivity contribution in [1.82, 2.24) is 47.4 Å². The van der Waals surface area contributed by atoms with Gasteiger partial charge in [-0.15, -0.1) is 0 Å². The minimum absolute atomic E-state index is 0.0203. The molecule has 7 atom stereocenters. The number of carboxylic acids is 1. The van der Waals surface area contributed by atoms with Crippen LogP contribution in [0.4, 0.5) is 0 Å². The highest BCUT2D eigenvalue weighted by Crippen LogP contribution is 2.18. The van der Waals surface area contributed by atoms with E-state index in [1.54, 1.807) is 13.8 Å². The number of nitrogens with zero attached hydrogens (tertiary/aromatic N) is 1. The molecule has 1 fully saturated rings. The number of carboxylic acid groups (broad SMARTS) is 1. The second kappa shape index (κ2) is 31.6. The Bertz CT molecular complexity index is 1640. The molecule has 0 spiro atoms. The third-order valence-corrected chi connectivity index (χ3v) is 11.0. The Balaban J connectivity index is 3.12. The van der Waals surface area contributed by atoms with Gasteiger partial charge in [0.1, 0.15) is 36.3 Å². The Morgan fingerprint density at radius 2 is 1.26 bits per heavy atom. The number of thiol groups is 1. The Labute approximate surface area is 392 Å². The van der Waals surface area contributed by atoms with Crippen molar-refractivity contribution in [2.24, 2.45) is 34.8 Å². The van der Waals surface area contributed by atoms with Crippen LogP contribution in [0.5, 0.6) is 0 Å². The number of likely N-dealkylation sites (tertiary alicyclic amines) is 1. The molecule has 0 unspecified atom stereocenters. The maximum atomic E-state index is 13.9. The van der Waals surface area contributed by atoms with Gasteiger partial charge in [0, 0.05) is 18.8 Å². The van der Waals surface area contributed by atoms with Crippen molar-refractivity contribution in [2.45, 2.75) is 141 Å². The molecule has 24 nitrogen and oxygen atoms in total. The van der Waals surface area contributed by atoms with Gasteiger partial charge < -0.3 is 75.5 Å². The van der Waals surface area contributed by atoms with Crippen molar-refractivity contribution < 1.29 is 48.3 Å². The molecule has 1 saturated heterocycles. The summed E-state index contributed by atoms with van der Waals surface area (Å²) in [5, 5.41) is 37.5. The zero-order valence-electron chi connectivity index (χ0n) is 38.7. The first kappa shape index (κ1) is 58.7. The smallest absolute Gasteiger partial charge is 0.327 e. The van der Waals surface area contributed by atoms with Crippen molar-refractivity contribution in [1.29, 1.82) is 5.41 Å². The average molecular weight is 957 g/mol. The van der Waals surface area contributed by atoms with Crippen LogP contribution in [0, 0.1) is 17.2 Å². The molecule has 1 aliphatic rings. The number of hydrogen-bond acceptors (Lipinski definition) is 14. The summed E-state index contributed by atoms with van der Waals surface area (Å²) in [7, 11) is 0. The van der Waals surface area contributed by atoms with Crippen molar-refractivity contribution in [3.8, 4) is 0 Å². The fourth-order valence-corrected chi connectivity index (χ4v) is 7.19. The predicted molar refractivity (Wildman–Crippen MR) is 249 cm³/mol. The monoisotopic (exact) mass is 957 g/mol. The average Bonchev–Trinajstić information content (AvgIpc) is 3.76. The molecule has 0 saturated carbocycles. The second-order valence-electron chi connectivity index (χ2n) is 17.0. The summed E-state index contributed by atoms with van der Waals surface area (Å²) in [6, 6.07) is -7.79. The number of hydrogen-bond donors (Lipinski definition) is 15. The lowest BCUT2D eigenvalue weighted by Crippen LogP contribution is -2.59. The molecule has 0 aromatic heterocycles. The number of rotatable bonds is 32. The van der Waals surface area contributed by atoms with Crippen LogP contribution in [0.15, 0.2) is 0 Å². The molecular weight excluding hydrogens is 881 g/mol. The van der Waals surface area contributed by atoms with E-state index in [4.69, 9.17) is 28.3 Å². The van der Waals surface area contributed by atoms with Gasteiger partial charge in [0.25, 0.3) is 0 Å². The number of nitrogens with one attached hydrogen (secondary N) is 9. The van der Waals surface area contributed by atoms with E-state index in [2.05, 4.69) is 55.2 Å². The summed E-state index contributed by atoms with van der Waals surface area (Å²) in [4.78, 5) is 119. The minimum Gasteiger partial charge on any atom is -0.480 e. The molecular formula is C41H76N14O10S. The first-order valence-corrected chi connectivity index (χ1v) is 23.2. The van der Waals surface area contributed by atoms with Gasteiger partial charge in [-0.05, 0) is 89.1 Å². The number of nitrogens with two attached hydrogens (primary N) is 4. The fourth-order valence-electron chi connectivity index (χ4n) is 6.94. The van der Waals surface area contributed by atoms with Gasteiger partial charge in [0.15, 0.2) is 5.96 Å². The number of carbonyl (C=O) groups is 9. The maximum absolute atomic E-state index is 13.9. The van der Waals surface area contributed by atoms with Crippen molar-refractivity contribution in [2.75, 3.05) is 45.0 Å². The number of amides is 8. The van der Waals surface area contributed by atoms with Gasteiger partial charge in [-0.3, -0.25) is 43.8 Å². The Hall–Kier alpha value is -5.27. The minimum atomic E-state index is -1.30. The van der Waals surface area contributed by atoms with Gasteiger partial charge in [-0.1, -0.05) is 34.1 Å². The molecule has 0 aromatic carbocycles. The molecule has 0 bridgehead atoms. The van der Waals surface area contributed by atoms with Gasteiger partial charge in [0.05, 0.1) is 19.1 Å². The van der Waals surface area contributed by atoms with Crippen LogP contribution in [0.3, 0.4) is 0 Å². The number of aliphatic carboxylic acids is 1. The topological polar surface area (TPSA) is 401 Å². The summed E-state index contributed by atoms with van der Waals surface area (Å²) in [5.41, 5.74) is 22.4. The van der Waals surface area contributed by atoms with Crippen molar-refractivity contribution in [3.63, 3.8) is 0 Å². The largest absolute Gasteiger partial charge is 0.480 e. The van der Waals surface area contributed by atoms with E-state index < -0.39 is 115 Å². The van der Waals surface area contributed by atoms with E-state index in [0.717, 1.165) is 0 Å². The second-order valence-corrected chi connectivity index (χ2v) is 17.4. The van der Waals surface area contributed by atoms with Crippen LogP contribution in [0.2, 0.25) is 0 Å². The van der Waals surface area contributed by atoms with Crippen LogP contribution in [0.25, 0.3) is 0 Å². The Morgan fingerprint density at radius 1 is 0.697 bits per heavy atom. The summed E-state index contributed by atoms with van der Waals surface area (Å²) in [6.45, 7) is 7.13. The van der Waals surface area contributed by atoms with Gasteiger partial charge in [-0.2, -0.15) is 12.6 Å². The van der Waals surface area contributed by atoms with E-state index in [1.165, 1.54) is 4.90 Å². The molecule has 18 N–H and O–H groups in total. The van der Waals surface area contributed by atoms with E-state index in [-0.39, 0.29) is 62.8 Å². The normalized spacial score (nSPS) is 16.2. The summed E-state index contributed by atoms with van der Waals surface area (Å²) in [6.07, 6.45) is 3.97. The standard InChI is InChI=1S/C41H76N14O10S/c1-23(2)19-28(35(59)49-21-32(57)55-18-10-14-30(55)38(62)50-26(12-6-8-16-43)37(61)53-29(22-66)40(64)65)52-36(60)27(13-9-17-47-41(45)46)51-39(63)33(24(3)4)54-31(56)20-48-34(58)25(44)11-5-7-15-42/h23-30,33,66H,5-22,42-44H2,1-4H3,(H,48,58)(H,49,59)(H,50,62)(H,51,63)(H,52,60)(H,53,61)(H,54,56)(H,64,65)(H4,45,46,47)/t25-,26-,27-,28-,29-,30-,33-/m0/s1. The van der Waals surface area contributed by atoms with E-state index in [1.807, 2.05) is 13.8 Å². The highest BCUT2D eigenvalue weighted by atomic mass is 32.1. The van der Waals surface area contributed by atoms with Crippen LogP contribution in [0.1, 0.15) is 98.3 Å². The predicted octanol–water partition coefficient (Wildman–Crippen LogP) is -3.80. The van der Waals surface area contributed by atoms with Crippen molar-refractivity contribution >= 4 is 71.8 Å². The van der Waals surface area contributed by atoms with Gasteiger partial charge in [0.2, 0.25) is 47.3 Å². The van der Waals surface area contributed by atoms with Crippen molar-refractivity contribution in [3.05, 3.63) is 0 Å². The van der Waals surface area contributed by atoms with Crippen LogP contribution in [-0.4, -0.2) is 157 Å². The molecule has 8 amide bonds. The molecule has 0 radical (unpaired) electrons. The van der Waals surface area contributed by atoms with Crippen LogP contribution in [-0.2, 0) is 43.2 Å². The SMILES string of the molecule is CC(C)C[C@H](NC(=O)[C@H](CCCNC(=N)N)NC(=O)[C@@H](NC(=O)CNC(=O)[C@@H](N)CCCCN)C(C)C)C(=O)NCC(=O)N1CCC[C@H]1C(=O)N[C@@H](CCCCN)C(=O)N[C@@H](CS)C(=O)O. The zero-order valence-corrected chi connectivity index (χ0v) is 39.6. The summed E-state index contributed by atoms with van der Waals surface area (Å²) < 4.78 is 0. The number of carbonyl (C=O) groups excluding carboxylic acids is 8. The molecule has 0 aliphatic carbocycles. The lowest BCUT2D eigenvalue weighted by atomic mass is 10.0. The first-order chi connectivity index (χ1) is 31.2. The lowest BCUT2D eigenvalue weighted by molar-refractivity contribution is -0.142. The zero-order chi connectivity index (χ0) is 49.9. The highest BCUT2D eigenvalue weighted by Gasteiger charge is 2.37. The van der Waals surface area contributed by atoms with E-state index in [0.29, 0.717) is 51.6 Å². The van der Waals surface area contributed by atoms with Gasteiger partial charge in [-0.25, -0.2) is 4.79 Å². The Kier molecular flexibility index (Phi) is 28.1. The van der Waals surface area contributed by atoms with Crippen LogP contribution >= 0.6 is 12.6 Å². The van der Waals surface area contributed by atoms with E-state index in [9.17, 15) is 48.3 Å². The first-order valence-electron chi connectivity index (χ1n) is 22.6. The molecule has 376 valence electrons. The Morgan fingerprint density at radius 3 is 1.82 bits per heavy atom. The maximum Gasteiger partial charge on any atom is 0.327 e. The summed E-state index contributed by atoms with van der Waals surface area (Å²) in [5.74, 6) is -7.73. The number of guanidine groups is 1. The number of unbranched alkanes of at least 4 members (excludes halogenated alkanes) is 2. The molecule has 1 rings (SSSR count). The summed E-state index contributed by atoms with van der Waals surface area (Å²) >= 11 is 3.98. The van der Waals surface area contributed by atoms with Gasteiger partial charge >= 0.3 is 5.97 Å². The van der Waals surface area contributed by atoms with E-state index >= 15 is 0 Å². The highest BCUT2D eigenvalue weighted by molar-refractivity contribution is 7.80. The lowest BCUT2D eigenvalue weighted by Gasteiger charge is -2.28. The molecule has 1 heterocycles. The third-order valence-electron chi connectivity index (χ3n) is 10.6. The fraction of sp³-hybridized carbons (Fsp3) is 0.756. The molecule has 25 heteroatoms.